The molecule has 2 aliphatic rings. The van der Waals surface area contributed by atoms with E-state index in [0.717, 1.165) is 0 Å². The standard InChI is InChI=1S/C20H20N2O6/c1-13(23)22(15-3-5-16-19(11-15)26-9-8-25-16)7-6-20(24)21-14-2-4-17-18(10-14)28-12-27-17/h2-5,10-11H,6-9,12H2,1H3,(H,21,24). The predicted octanol–water partition coefficient (Wildman–Crippen LogP) is 2.57. The minimum Gasteiger partial charge on any atom is -0.486 e. The zero-order valence-corrected chi connectivity index (χ0v) is 15.4. The second kappa shape index (κ2) is 7.67. The summed E-state index contributed by atoms with van der Waals surface area (Å²) in [6.45, 7) is 2.85. The number of benzene rings is 2. The lowest BCUT2D eigenvalue weighted by Gasteiger charge is -2.24. The van der Waals surface area contributed by atoms with Gasteiger partial charge in [-0.15, -0.1) is 0 Å². The molecule has 146 valence electrons. The first kappa shape index (κ1) is 18.0. The van der Waals surface area contributed by atoms with Gasteiger partial charge in [-0.1, -0.05) is 0 Å². The molecule has 2 aliphatic heterocycles. The SMILES string of the molecule is CC(=O)N(CCC(=O)Nc1ccc2c(c1)OCO2)c1ccc2c(c1)OCCO2. The molecule has 0 aromatic heterocycles. The monoisotopic (exact) mass is 384 g/mol. The van der Waals surface area contributed by atoms with E-state index in [0.29, 0.717) is 47.6 Å². The molecule has 0 saturated heterocycles. The van der Waals surface area contributed by atoms with Gasteiger partial charge >= 0.3 is 0 Å². The van der Waals surface area contributed by atoms with Gasteiger partial charge in [0, 0.05) is 43.4 Å². The van der Waals surface area contributed by atoms with Gasteiger partial charge in [-0.25, -0.2) is 0 Å². The minimum atomic E-state index is -0.206. The topological polar surface area (TPSA) is 86.3 Å². The third kappa shape index (κ3) is 3.80. The van der Waals surface area contributed by atoms with Gasteiger partial charge in [0.15, 0.2) is 23.0 Å². The Labute approximate surface area is 161 Å². The number of anilines is 2. The second-order valence-electron chi connectivity index (χ2n) is 6.36. The Morgan fingerprint density at radius 3 is 2.43 bits per heavy atom. The van der Waals surface area contributed by atoms with Crippen LogP contribution in [0.4, 0.5) is 11.4 Å². The van der Waals surface area contributed by atoms with Crippen LogP contribution in [0, 0.1) is 0 Å². The predicted molar refractivity (Wildman–Crippen MR) is 101 cm³/mol. The smallest absolute Gasteiger partial charge is 0.231 e. The van der Waals surface area contributed by atoms with Crippen LogP contribution in [0.1, 0.15) is 13.3 Å². The Kier molecular flexibility index (Phi) is 4.92. The van der Waals surface area contributed by atoms with Crippen molar-refractivity contribution in [3.8, 4) is 23.0 Å². The van der Waals surface area contributed by atoms with Gasteiger partial charge in [0.1, 0.15) is 13.2 Å². The molecular formula is C20H20N2O6. The average Bonchev–Trinajstić information content (AvgIpc) is 3.15. The quantitative estimate of drug-likeness (QED) is 0.853. The summed E-state index contributed by atoms with van der Waals surface area (Å²) in [5, 5.41) is 2.81. The Hall–Kier alpha value is -3.42. The fourth-order valence-corrected chi connectivity index (χ4v) is 3.08. The van der Waals surface area contributed by atoms with E-state index in [9.17, 15) is 9.59 Å². The van der Waals surface area contributed by atoms with Crippen molar-refractivity contribution in [3.63, 3.8) is 0 Å². The highest BCUT2D eigenvalue weighted by molar-refractivity contribution is 5.95. The van der Waals surface area contributed by atoms with Crippen LogP contribution >= 0.6 is 0 Å². The van der Waals surface area contributed by atoms with Crippen LogP contribution in [-0.2, 0) is 9.59 Å². The van der Waals surface area contributed by atoms with Crippen molar-refractivity contribution < 1.29 is 28.5 Å². The largest absolute Gasteiger partial charge is 0.486 e. The molecule has 0 unspecified atom stereocenters. The molecule has 0 fully saturated rings. The van der Waals surface area contributed by atoms with Gasteiger partial charge in [-0.2, -0.15) is 0 Å². The van der Waals surface area contributed by atoms with E-state index in [1.54, 1.807) is 36.4 Å². The fourth-order valence-electron chi connectivity index (χ4n) is 3.08. The minimum absolute atomic E-state index is 0.141. The van der Waals surface area contributed by atoms with E-state index in [1.165, 1.54) is 11.8 Å². The summed E-state index contributed by atoms with van der Waals surface area (Å²) in [7, 11) is 0. The summed E-state index contributed by atoms with van der Waals surface area (Å²) < 4.78 is 21.6. The number of carbonyl (C=O) groups is 2. The van der Waals surface area contributed by atoms with Crippen molar-refractivity contribution in [2.75, 3.05) is 36.8 Å². The molecule has 0 spiro atoms. The molecule has 28 heavy (non-hydrogen) atoms. The van der Waals surface area contributed by atoms with Crippen LogP contribution < -0.4 is 29.2 Å². The molecule has 2 aromatic carbocycles. The highest BCUT2D eigenvalue weighted by Crippen LogP contribution is 2.35. The molecule has 8 heteroatoms. The first-order valence-corrected chi connectivity index (χ1v) is 8.97. The molecule has 1 N–H and O–H groups in total. The van der Waals surface area contributed by atoms with E-state index in [2.05, 4.69) is 5.32 Å². The number of ether oxygens (including phenoxy) is 4. The van der Waals surface area contributed by atoms with Crippen molar-refractivity contribution in [2.45, 2.75) is 13.3 Å². The number of hydrogen-bond acceptors (Lipinski definition) is 6. The van der Waals surface area contributed by atoms with E-state index < -0.39 is 0 Å². The van der Waals surface area contributed by atoms with Crippen LogP contribution in [0.25, 0.3) is 0 Å². The van der Waals surface area contributed by atoms with Crippen molar-refractivity contribution in [1.29, 1.82) is 0 Å². The average molecular weight is 384 g/mol. The van der Waals surface area contributed by atoms with Crippen molar-refractivity contribution in [3.05, 3.63) is 36.4 Å². The zero-order chi connectivity index (χ0) is 19.5. The summed E-state index contributed by atoms with van der Waals surface area (Å²) in [4.78, 5) is 26.0. The lowest BCUT2D eigenvalue weighted by Crippen LogP contribution is -2.32. The molecule has 2 amide bonds. The van der Waals surface area contributed by atoms with E-state index >= 15 is 0 Å². The van der Waals surface area contributed by atoms with Gasteiger partial charge in [0.25, 0.3) is 0 Å². The Bertz CT molecular complexity index is 914. The van der Waals surface area contributed by atoms with E-state index in [1.807, 2.05) is 0 Å². The van der Waals surface area contributed by atoms with Gasteiger partial charge < -0.3 is 29.2 Å². The van der Waals surface area contributed by atoms with Gasteiger partial charge in [-0.3, -0.25) is 9.59 Å². The second-order valence-corrected chi connectivity index (χ2v) is 6.36. The molecule has 0 bridgehead atoms. The Morgan fingerprint density at radius 2 is 1.61 bits per heavy atom. The molecule has 0 aliphatic carbocycles. The zero-order valence-electron chi connectivity index (χ0n) is 15.4. The van der Waals surface area contributed by atoms with Crippen LogP contribution in [-0.4, -0.2) is 38.4 Å². The fraction of sp³-hybridized carbons (Fsp3) is 0.300. The molecular weight excluding hydrogens is 364 g/mol. The molecule has 2 aromatic rings. The summed E-state index contributed by atoms with van der Waals surface area (Å²) in [5.41, 5.74) is 1.27. The van der Waals surface area contributed by atoms with E-state index in [4.69, 9.17) is 18.9 Å². The number of rotatable bonds is 5. The van der Waals surface area contributed by atoms with Crippen LogP contribution in [0.15, 0.2) is 36.4 Å². The van der Waals surface area contributed by atoms with Crippen LogP contribution in [0.2, 0.25) is 0 Å². The third-order valence-corrected chi connectivity index (χ3v) is 4.44. The number of carbonyl (C=O) groups excluding carboxylic acids is 2. The third-order valence-electron chi connectivity index (χ3n) is 4.44. The van der Waals surface area contributed by atoms with Gasteiger partial charge in [-0.05, 0) is 24.3 Å². The molecule has 8 nitrogen and oxygen atoms in total. The summed E-state index contributed by atoms with van der Waals surface area (Å²) in [5.74, 6) is 2.13. The number of nitrogens with zero attached hydrogens (tertiary/aromatic N) is 1. The van der Waals surface area contributed by atoms with Crippen molar-refractivity contribution in [2.24, 2.45) is 0 Å². The van der Waals surface area contributed by atoms with Crippen molar-refractivity contribution in [1.82, 2.24) is 0 Å². The number of amides is 2. The number of hydrogen-bond donors (Lipinski definition) is 1. The lowest BCUT2D eigenvalue weighted by molar-refractivity contribution is -0.117. The van der Waals surface area contributed by atoms with Crippen LogP contribution in [0.3, 0.4) is 0 Å². The molecule has 2 heterocycles. The summed E-state index contributed by atoms with van der Waals surface area (Å²) >= 11 is 0. The lowest BCUT2D eigenvalue weighted by atomic mass is 10.2. The van der Waals surface area contributed by atoms with Gasteiger partial charge in [0.2, 0.25) is 18.6 Å². The molecule has 4 rings (SSSR count). The highest BCUT2D eigenvalue weighted by atomic mass is 16.7. The maximum atomic E-state index is 12.3. The maximum absolute atomic E-state index is 12.3. The van der Waals surface area contributed by atoms with Crippen molar-refractivity contribution >= 4 is 23.2 Å². The number of nitrogens with one attached hydrogen (secondary N) is 1. The van der Waals surface area contributed by atoms with E-state index in [-0.39, 0.29) is 31.6 Å². The first-order valence-electron chi connectivity index (χ1n) is 8.97. The Balaban J connectivity index is 1.40. The normalized spacial score (nSPS) is 13.8. The molecule has 0 atom stereocenters. The molecule has 0 radical (unpaired) electrons. The first-order chi connectivity index (χ1) is 13.6. The summed E-state index contributed by atoms with van der Waals surface area (Å²) in [6.07, 6.45) is 0.141. The van der Waals surface area contributed by atoms with Crippen LogP contribution in [0.5, 0.6) is 23.0 Å². The highest BCUT2D eigenvalue weighted by Gasteiger charge is 2.19. The number of fused-ring (bicyclic) bond motifs is 2. The maximum Gasteiger partial charge on any atom is 0.231 e. The molecule has 0 saturated carbocycles. The summed E-state index contributed by atoms with van der Waals surface area (Å²) in [6, 6.07) is 10.5. The van der Waals surface area contributed by atoms with Gasteiger partial charge in [0.05, 0.1) is 0 Å². The Morgan fingerprint density at radius 1 is 0.929 bits per heavy atom.